The number of likely N-dealkylation sites (N-methyl/N-ethyl adjacent to an activating group) is 1. The predicted octanol–water partition coefficient (Wildman–Crippen LogP) is 3.40. The van der Waals surface area contributed by atoms with Gasteiger partial charge in [0, 0.05) is 25.1 Å². The summed E-state index contributed by atoms with van der Waals surface area (Å²) in [6, 6.07) is 4.75. The smallest absolute Gasteiger partial charge is 0.142 e. The lowest BCUT2D eigenvalue weighted by Crippen LogP contribution is -2.61. The zero-order valence-corrected chi connectivity index (χ0v) is 12.6. The first-order chi connectivity index (χ1) is 9.65. The molecule has 1 aliphatic rings. The molecule has 0 saturated heterocycles. The van der Waals surface area contributed by atoms with E-state index in [9.17, 15) is 4.39 Å². The Kier molecular flexibility index (Phi) is 5.64. The average Bonchev–Trinajstić information content (AvgIpc) is 2.42. The minimum Gasteiger partial charge on any atom is -0.488 e. The SMILES string of the molecule is CCCOC1C(NCC)CC1Oc1ccc(F)c(Cl)c1. The van der Waals surface area contributed by atoms with Crippen molar-refractivity contribution in [3.8, 4) is 5.75 Å². The first-order valence-corrected chi connectivity index (χ1v) is 7.50. The van der Waals surface area contributed by atoms with Gasteiger partial charge in [-0.1, -0.05) is 25.4 Å². The van der Waals surface area contributed by atoms with E-state index in [0.29, 0.717) is 11.8 Å². The minimum atomic E-state index is -0.433. The van der Waals surface area contributed by atoms with Crippen molar-refractivity contribution in [1.29, 1.82) is 0 Å². The Balaban J connectivity index is 1.95. The van der Waals surface area contributed by atoms with E-state index in [4.69, 9.17) is 21.1 Å². The zero-order valence-electron chi connectivity index (χ0n) is 11.9. The van der Waals surface area contributed by atoms with Gasteiger partial charge in [0.2, 0.25) is 0 Å². The maximum atomic E-state index is 13.1. The van der Waals surface area contributed by atoms with Crippen LogP contribution in [-0.2, 0) is 4.74 Å². The Morgan fingerprint density at radius 1 is 1.40 bits per heavy atom. The summed E-state index contributed by atoms with van der Waals surface area (Å²) in [5, 5.41) is 3.47. The van der Waals surface area contributed by atoms with Crippen LogP contribution < -0.4 is 10.1 Å². The van der Waals surface area contributed by atoms with Gasteiger partial charge in [0.1, 0.15) is 23.8 Å². The Morgan fingerprint density at radius 3 is 2.85 bits per heavy atom. The fourth-order valence-corrected chi connectivity index (χ4v) is 2.53. The van der Waals surface area contributed by atoms with E-state index in [1.165, 1.54) is 12.1 Å². The molecule has 1 saturated carbocycles. The quantitative estimate of drug-likeness (QED) is 0.837. The van der Waals surface area contributed by atoms with E-state index in [-0.39, 0.29) is 17.2 Å². The number of nitrogens with one attached hydrogen (secondary N) is 1. The van der Waals surface area contributed by atoms with Crippen molar-refractivity contribution in [2.24, 2.45) is 0 Å². The normalized spacial score (nSPS) is 25.3. The topological polar surface area (TPSA) is 30.5 Å². The maximum absolute atomic E-state index is 13.1. The summed E-state index contributed by atoms with van der Waals surface area (Å²) in [5.41, 5.74) is 0. The molecule has 1 fully saturated rings. The van der Waals surface area contributed by atoms with Crippen molar-refractivity contribution < 1.29 is 13.9 Å². The second kappa shape index (κ2) is 7.25. The van der Waals surface area contributed by atoms with E-state index in [2.05, 4.69) is 19.2 Å². The summed E-state index contributed by atoms with van der Waals surface area (Å²) in [7, 11) is 0. The Labute approximate surface area is 124 Å². The third kappa shape index (κ3) is 3.62. The van der Waals surface area contributed by atoms with Crippen LogP contribution in [0.4, 0.5) is 4.39 Å². The van der Waals surface area contributed by atoms with Gasteiger partial charge in [0.25, 0.3) is 0 Å². The molecular weight excluding hydrogens is 281 g/mol. The van der Waals surface area contributed by atoms with Crippen LogP contribution in [0.5, 0.6) is 5.75 Å². The van der Waals surface area contributed by atoms with Crippen LogP contribution in [0.3, 0.4) is 0 Å². The molecule has 3 atom stereocenters. The maximum Gasteiger partial charge on any atom is 0.142 e. The van der Waals surface area contributed by atoms with Gasteiger partial charge in [-0.2, -0.15) is 0 Å². The molecule has 0 amide bonds. The molecular formula is C15H21ClFNO2. The number of benzene rings is 1. The highest BCUT2D eigenvalue weighted by atomic mass is 35.5. The molecule has 0 aliphatic heterocycles. The van der Waals surface area contributed by atoms with Gasteiger partial charge in [0.15, 0.2) is 0 Å². The van der Waals surface area contributed by atoms with Gasteiger partial charge in [-0.25, -0.2) is 4.39 Å². The van der Waals surface area contributed by atoms with Crippen molar-refractivity contribution in [2.75, 3.05) is 13.2 Å². The Hall–Kier alpha value is -0.840. The van der Waals surface area contributed by atoms with E-state index in [0.717, 1.165) is 26.0 Å². The van der Waals surface area contributed by atoms with Gasteiger partial charge >= 0.3 is 0 Å². The molecule has 1 N–H and O–H groups in total. The lowest BCUT2D eigenvalue weighted by Gasteiger charge is -2.44. The second-order valence-electron chi connectivity index (χ2n) is 4.97. The lowest BCUT2D eigenvalue weighted by atomic mass is 9.85. The standard InChI is InChI=1S/C15H21ClFNO2/c1-3-7-19-15-13(18-4-2)9-14(15)20-10-5-6-12(17)11(16)8-10/h5-6,8,13-15,18H,3-4,7,9H2,1-2H3. The molecule has 2 rings (SSSR count). The fourth-order valence-electron chi connectivity index (χ4n) is 2.36. The first-order valence-electron chi connectivity index (χ1n) is 7.12. The number of halogens is 2. The monoisotopic (exact) mass is 301 g/mol. The van der Waals surface area contributed by atoms with E-state index < -0.39 is 5.82 Å². The third-order valence-corrected chi connectivity index (χ3v) is 3.70. The number of ether oxygens (including phenoxy) is 2. The third-order valence-electron chi connectivity index (χ3n) is 3.41. The van der Waals surface area contributed by atoms with E-state index >= 15 is 0 Å². The zero-order chi connectivity index (χ0) is 14.5. The Morgan fingerprint density at radius 2 is 2.20 bits per heavy atom. The summed E-state index contributed by atoms with van der Waals surface area (Å²) >= 11 is 5.76. The Bertz CT molecular complexity index is 444. The van der Waals surface area contributed by atoms with Crippen LogP contribution in [0.2, 0.25) is 5.02 Å². The van der Waals surface area contributed by atoms with Crippen molar-refractivity contribution in [2.45, 2.75) is 44.9 Å². The molecule has 1 aromatic rings. The molecule has 5 heteroatoms. The molecule has 0 spiro atoms. The number of rotatable bonds is 7. The van der Waals surface area contributed by atoms with Crippen molar-refractivity contribution in [1.82, 2.24) is 5.32 Å². The summed E-state index contributed by atoms with van der Waals surface area (Å²) in [5.74, 6) is 0.151. The molecule has 0 radical (unpaired) electrons. The lowest BCUT2D eigenvalue weighted by molar-refractivity contribution is -0.107. The van der Waals surface area contributed by atoms with Gasteiger partial charge in [-0.3, -0.25) is 0 Å². The highest BCUT2D eigenvalue weighted by Crippen LogP contribution is 2.31. The molecule has 112 valence electrons. The molecule has 3 nitrogen and oxygen atoms in total. The van der Waals surface area contributed by atoms with Gasteiger partial charge < -0.3 is 14.8 Å². The number of hydrogen-bond acceptors (Lipinski definition) is 3. The highest BCUT2D eigenvalue weighted by molar-refractivity contribution is 6.30. The second-order valence-corrected chi connectivity index (χ2v) is 5.37. The largest absolute Gasteiger partial charge is 0.488 e. The van der Waals surface area contributed by atoms with Crippen molar-refractivity contribution in [3.63, 3.8) is 0 Å². The van der Waals surface area contributed by atoms with Crippen molar-refractivity contribution >= 4 is 11.6 Å². The van der Waals surface area contributed by atoms with Crippen LogP contribution in [0.15, 0.2) is 18.2 Å². The molecule has 3 unspecified atom stereocenters. The molecule has 0 heterocycles. The van der Waals surface area contributed by atoms with Crippen LogP contribution in [0, 0.1) is 5.82 Å². The van der Waals surface area contributed by atoms with Crippen LogP contribution in [0.25, 0.3) is 0 Å². The summed E-state index contributed by atoms with van der Waals surface area (Å²) in [6.45, 7) is 5.78. The minimum absolute atomic E-state index is 0.00729. The molecule has 0 aromatic heterocycles. The van der Waals surface area contributed by atoms with Gasteiger partial charge in [-0.05, 0) is 25.1 Å². The average molecular weight is 302 g/mol. The first kappa shape index (κ1) is 15.5. The molecule has 1 aliphatic carbocycles. The van der Waals surface area contributed by atoms with Crippen LogP contribution >= 0.6 is 11.6 Å². The molecule has 20 heavy (non-hydrogen) atoms. The summed E-state index contributed by atoms with van der Waals surface area (Å²) in [4.78, 5) is 0. The summed E-state index contributed by atoms with van der Waals surface area (Å²) < 4.78 is 24.8. The fraction of sp³-hybridized carbons (Fsp3) is 0.600. The molecule has 1 aromatic carbocycles. The van der Waals surface area contributed by atoms with Crippen LogP contribution in [0.1, 0.15) is 26.7 Å². The molecule has 0 bridgehead atoms. The van der Waals surface area contributed by atoms with Gasteiger partial charge in [-0.15, -0.1) is 0 Å². The van der Waals surface area contributed by atoms with E-state index in [1.807, 2.05) is 0 Å². The summed E-state index contributed by atoms with van der Waals surface area (Å²) in [6.07, 6.45) is 1.90. The van der Waals surface area contributed by atoms with Crippen molar-refractivity contribution in [3.05, 3.63) is 29.0 Å². The number of hydrogen-bond donors (Lipinski definition) is 1. The highest BCUT2D eigenvalue weighted by Gasteiger charge is 2.43. The van der Waals surface area contributed by atoms with Gasteiger partial charge in [0.05, 0.1) is 5.02 Å². The predicted molar refractivity (Wildman–Crippen MR) is 77.9 cm³/mol. The van der Waals surface area contributed by atoms with E-state index in [1.54, 1.807) is 6.07 Å². The van der Waals surface area contributed by atoms with Crippen LogP contribution in [-0.4, -0.2) is 31.4 Å².